The maximum absolute atomic E-state index is 13.6. The van der Waals surface area contributed by atoms with Crippen molar-refractivity contribution in [1.29, 1.82) is 0 Å². The Morgan fingerprint density at radius 3 is 2.67 bits per heavy atom. The predicted octanol–water partition coefficient (Wildman–Crippen LogP) is 3.03. The lowest BCUT2D eigenvalue weighted by Gasteiger charge is -2.05. The number of anilines is 1. The molecule has 0 aliphatic carbocycles. The highest BCUT2D eigenvalue weighted by atomic mass is 79.9. The molecule has 0 aliphatic heterocycles. The first kappa shape index (κ1) is 13.7. The van der Waals surface area contributed by atoms with Gasteiger partial charge in [0.1, 0.15) is 11.6 Å². The first-order chi connectivity index (χ1) is 10.0. The Morgan fingerprint density at radius 1 is 1.19 bits per heavy atom. The van der Waals surface area contributed by atoms with Crippen molar-refractivity contribution in [2.75, 3.05) is 5.73 Å². The largest absolute Gasteiger partial charge is 0.384 e. The molecule has 0 saturated carbocycles. The monoisotopic (exact) mass is 347 g/mol. The Hall–Kier alpha value is -2.28. The molecule has 0 fully saturated rings. The van der Waals surface area contributed by atoms with E-state index >= 15 is 0 Å². The standard InChI is InChI=1S/C14H11BrFN5/c1-21-7-9(6-18-21)12-5-13(17)20-14(19-12)8-2-3-10(15)11(16)4-8/h2-7H,1H3,(H2,17,19,20). The van der Waals surface area contributed by atoms with E-state index in [0.717, 1.165) is 5.56 Å². The molecular formula is C14H11BrFN5. The molecule has 3 aromatic rings. The number of benzene rings is 1. The fraction of sp³-hybridized carbons (Fsp3) is 0.0714. The normalized spacial score (nSPS) is 10.8. The average molecular weight is 348 g/mol. The van der Waals surface area contributed by atoms with Crippen LogP contribution >= 0.6 is 15.9 Å². The van der Waals surface area contributed by atoms with Crippen LogP contribution < -0.4 is 5.73 Å². The minimum atomic E-state index is -0.374. The maximum atomic E-state index is 13.6. The molecule has 2 heterocycles. The summed E-state index contributed by atoms with van der Waals surface area (Å²) in [4.78, 5) is 8.60. The van der Waals surface area contributed by atoms with Gasteiger partial charge in [-0.15, -0.1) is 0 Å². The van der Waals surface area contributed by atoms with E-state index in [1.165, 1.54) is 6.07 Å². The molecule has 0 radical (unpaired) electrons. The van der Waals surface area contributed by atoms with E-state index in [-0.39, 0.29) is 5.82 Å². The van der Waals surface area contributed by atoms with E-state index in [1.54, 1.807) is 29.1 Å². The van der Waals surface area contributed by atoms with E-state index in [1.807, 2.05) is 13.2 Å². The molecule has 2 aromatic heterocycles. The minimum absolute atomic E-state index is 0.321. The summed E-state index contributed by atoms with van der Waals surface area (Å²) in [7, 11) is 1.82. The molecule has 3 rings (SSSR count). The van der Waals surface area contributed by atoms with Crippen molar-refractivity contribution in [1.82, 2.24) is 19.7 Å². The second kappa shape index (κ2) is 5.25. The van der Waals surface area contributed by atoms with Crippen molar-refractivity contribution in [3.8, 4) is 22.6 Å². The number of nitrogens with two attached hydrogens (primary N) is 1. The SMILES string of the molecule is Cn1cc(-c2cc(N)nc(-c3ccc(Br)c(F)c3)n2)cn1. The van der Waals surface area contributed by atoms with Gasteiger partial charge in [0.15, 0.2) is 5.82 Å². The van der Waals surface area contributed by atoms with Crippen molar-refractivity contribution in [2.45, 2.75) is 0 Å². The number of rotatable bonds is 2. The van der Waals surface area contributed by atoms with Gasteiger partial charge >= 0.3 is 0 Å². The van der Waals surface area contributed by atoms with Crippen molar-refractivity contribution in [3.63, 3.8) is 0 Å². The summed E-state index contributed by atoms with van der Waals surface area (Å²) in [6, 6.07) is 6.37. The Kier molecular flexibility index (Phi) is 3.42. The summed E-state index contributed by atoms with van der Waals surface area (Å²) < 4.78 is 15.7. The molecule has 106 valence electrons. The Balaban J connectivity index is 2.11. The molecule has 0 aliphatic rings. The number of hydrogen-bond donors (Lipinski definition) is 1. The Morgan fingerprint density at radius 2 is 2.00 bits per heavy atom. The quantitative estimate of drug-likeness (QED) is 0.773. The average Bonchev–Trinajstić information content (AvgIpc) is 2.88. The predicted molar refractivity (Wildman–Crippen MR) is 81.7 cm³/mol. The lowest BCUT2D eigenvalue weighted by Crippen LogP contribution is -1.98. The third-order valence-electron chi connectivity index (χ3n) is 2.92. The molecule has 0 saturated heterocycles. The summed E-state index contributed by atoms with van der Waals surface area (Å²) >= 11 is 3.12. The third kappa shape index (κ3) is 2.78. The fourth-order valence-corrected chi connectivity index (χ4v) is 2.18. The smallest absolute Gasteiger partial charge is 0.162 e. The highest BCUT2D eigenvalue weighted by Gasteiger charge is 2.10. The Bertz CT molecular complexity index is 815. The molecule has 21 heavy (non-hydrogen) atoms. The molecular weight excluding hydrogens is 337 g/mol. The van der Waals surface area contributed by atoms with Gasteiger partial charge in [-0.1, -0.05) is 0 Å². The first-order valence-electron chi connectivity index (χ1n) is 6.12. The van der Waals surface area contributed by atoms with Crippen LogP contribution in [0.4, 0.5) is 10.2 Å². The van der Waals surface area contributed by atoms with Gasteiger partial charge in [-0.2, -0.15) is 5.10 Å². The second-order valence-corrected chi connectivity index (χ2v) is 5.39. The fourth-order valence-electron chi connectivity index (χ4n) is 1.93. The molecule has 7 heteroatoms. The van der Waals surface area contributed by atoms with Crippen molar-refractivity contribution in [2.24, 2.45) is 7.05 Å². The van der Waals surface area contributed by atoms with E-state index in [9.17, 15) is 4.39 Å². The first-order valence-corrected chi connectivity index (χ1v) is 6.91. The zero-order valence-corrected chi connectivity index (χ0v) is 12.7. The summed E-state index contributed by atoms with van der Waals surface area (Å²) in [5, 5.41) is 4.10. The number of aromatic nitrogens is 4. The van der Waals surface area contributed by atoms with E-state index in [0.29, 0.717) is 27.4 Å². The van der Waals surface area contributed by atoms with E-state index in [2.05, 4.69) is 31.0 Å². The van der Waals surface area contributed by atoms with Crippen LogP contribution in [0.25, 0.3) is 22.6 Å². The molecule has 5 nitrogen and oxygen atoms in total. The number of halogens is 2. The summed E-state index contributed by atoms with van der Waals surface area (Å²) in [6.45, 7) is 0. The van der Waals surface area contributed by atoms with E-state index < -0.39 is 0 Å². The highest BCUT2D eigenvalue weighted by molar-refractivity contribution is 9.10. The molecule has 1 aromatic carbocycles. The number of aryl methyl sites for hydroxylation is 1. The van der Waals surface area contributed by atoms with Gasteiger partial charge in [-0.3, -0.25) is 4.68 Å². The molecule has 0 unspecified atom stereocenters. The van der Waals surface area contributed by atoms with Crippen LogP contribution in [0.15, 0.2) is 41.1 Å². The van der Waals surface area contributed by atoms with Gasteiger partial charge in [0, 0.05) is 30.4 Å². The topological polar surface area (TPSA) is 69.6 Å². The van der Waals surface area contributed by atoms with Gasteiger partial charge in [0.05, 0.1) is 16.4 Å². The zero-order valence-electron chi connectivity index (χ0n) is 11.1. The van der Waals surface area contributed by atoms with Crippen LogP contribution in [0.2, 0.25) is 0 Å². The number of hydrogen-bond acceptors (Lipinski definition) is 4. The maximum Gasteiger partial charge on any atom is 0.162 e. The second-order valence-electron chi connectivity index (χ2n) is 4.53. The highest BCUT2D eigenvalue weighted by Crippen LogP contribution is 2.25. The van der Waals surface area contributed by atoms with Crippen LogP contribution in [0, 0.1) is 5.82 Å². The van der Waals surface area contributed by atoms with Gasteiger partial charge in [-0.25, -0.2) is 14.4 Å². The third-order valence-corrected chi connectivity index (χ3v) is 3.57. The summed E-state index contributed by atoms with van der Waals surface area (Å²) in [5.74, 6) is 0.323. The van der Waals surface area contributed by atoms with Crippen LogP contribution in [0.5, 0.6) is 0 Å². The lowest BCUT2D eigenvalue weighted by molar-refractivity contribution is 0.621. The molecule has 0 atom stereocenters. The van der Waals surface area contributed by atoms with Gasteiger partial charge < -0.3 is 5.73 Å². The Labute approximate surface area is 128 Å². The molecule has 0 bridgehead atoms. The number of nitrogens with zero attached hydrogens (tertiary/aromatic N) is 4. The van der Waals surface area contributed by atoms with Crippen LogP contribution in [0.1, 0.15) is 0 Å². The summed E-state index contributed by atoms with van der Waals surface area (Å²) in [6.07, 6.45) is 3.52. The van der Waals surface area contributed by atoms with Gasteiger partial charge in [0.25, 0.3) is 0 Å². The number of nitrogen functional groups attached to an aromatic ring is 1. The minimum Gasteiger partial charge on any atom is -0.384 e. The van der Waals surface area contributed by atoms with Crippen molar-refractivity contribution in [3.05, 3.63) is 46.9 Å². The van der Waals surface area contributed by atoms with Crippen LogP contribution in [-0.2, 0) is 7.05 Å². The molecule has 2 N–H and O–H groups in total. The lowest BCUT2D eigenvalue weighted by atomic mass is 10.2. The van der Waals surface area contributed by atoms with Crippen molar-refractivity contribution >= 4 is 21.7 Å². The van der Waals surface area contributed by atoms with Gasteiger partial charge in [0.2, 0.25) is 0 Å². The molecule has 0 amide bonds. The van der Waals surface area contributed by atoms with E-state index in [4.69, 9.17) is 5.73 Å². The van der Waals surface area contributed by atoms with Gasteiger partial charge in [-0.05, 0) is 34.1 Å². The summed E-state index contributed by atoms with van der Waals surface area (Å²) in [5.41, 5.74) is 7.86. The van der Waals surface area contributed by atoms with Crippen LogP contribution in [0.3, 0.4) is 0 Å². The van der Waals surface area contributed by atoms with Crippen molar-refractivity contribution < 1.29 is 4.39 Å². The van der Waals surface area contributed by atoms with Crippen LogP contribution in [-0.4, -0.2) is 19.7 Å². The molecule has 0 spiro atoms. The zero-order chi connectivity index (χ0) is 15.0.